The van der Waals surface area contributed by atoms with Crippen molar-refractivity contribution in [3.63, 3.8) is 0 Å². The summed E-state index contributed by atoms with van der Waals surface area (Å²) in [5.74, 6) is 1.29. The van der Waals surface area contributed by atoms with Gasteiger partial charge >= 0.3 is 0 Å². The van der Waals surface area contributed by atoms with Crippen molar-refractivity contribution in [1.29, 1.82) is 0 Å². The molecule has 0 spiro atoms. The molecule has 102 valence electrons. The van der Waals surface area contributed by atoms with Crippen LogP contribution in [0.25, 0.3) is 11.6 Å². The average molecular weight is 262 g/mol. The molecule has 19 heavy (non-hydrogen) atoms. The summed E-state index contributed by atoms with van der Waals surface area (Å²) in [5.41, 5.74) is 5.66. The molecule has 0 bridgehead atoms. The molecular weight excluding hydrogens is 244 g/mol. The van der Waals surface area contributed by atoms with E-state index < -0.39 is 5.60 Å². The number of nitrogens with zero attached hydrogens (tertiary/aromatic N) is 3. The predicted molar refractivity (Wildman–Crippen MR) is 71.2 cm³/mol. The third-order valence-corrected chi connectivity index (χ3v) is 3.03. The van der Waals surface area contributed by atoms with Gasteiger partial charge in [-0.15, -0.1) is 0 Å². The Hall–Kier alpha value is -1.95. The number of nitrogens with two attached hydrogens (primary N) is 1. The summed E-state index contributed by atoms with van der Waals surface area (Å²) in [6, 6.07) is 5.28. The standard InChI is InChI=1S/C13H18N4O2/c1-4-13(3,18-5-2)12-16-11(19-17-12)9-7-6-8-10(14)15-9/h6-8H,4-5H2,1-3H3,(H2,14,15). The summed E-state index contributed by atoms with van der Waals surface area (Å²) in [5, 5.41) is 3.99. The number of hydrogen-bond donors (Lipinski definition) is 1. The Morgan fingerprint density at radius 2 is 2.11 bits per heavy atom. The third kappa shape index (κ3) is 2.73. The minimum Gasteiger partial charge on any atom is -0.384 e. The Labute approximate surface area is 112 Å². The number of ether oxygens (including phenoxy) is 1. The molecular formula is C13H18N4O2. The lowest BCUT2D eigenvalue weighted by Crippen LogP contribution is -2.26. The van der Waals surface area contributed by atoms with Crippen LogP contribution < -0.4 is 5.73 Å². The van der Waals surface area contributed by atoms with Crippen molar-refractivity contribution in [2.45, 2.75) is 32.8 Å². The molecule has 0 fully saturated rings. The lowest BCUT2D eigenvalue weighted by atomic mass is 10.0. The molecule has 2 aromatic heterocycles. The first-order valence-electron chi connectivity index (χ1n) is 6.30. The fraction of sp³-hybridized carbons (Fsp3) is 0.462. The Morgan fingerprint density at radius 1 is 1.32 bits per heavy atom. The summed E-state index contributed by atoms with van der Waals surface area (Å²) in [6.45, 7) is 6.49. The number of rotatable bonds is 5. The fourth-order valence-corrected chi connectivity index (χ4v) is 1.76. The molecule has 2 aromatic rings. The van der Waals surface area contributed by atoms with Crippen LogP contribution in [-0.4, -0.2) is 21.7 Å². The largest absolute Gasteiger partial charge is 0.384 e. The van der Waals surface area contributed by atoms with E-state index in [1.165, 1.54) is 0 Å². The first-order valence-corrected chi connectivity index (χ1v) is 6.30. The lowest BCUT2D eigenvalue weighted by molar-refractivity contribution is -0.0403. The molecule has 0 saturated heterocycles. The van der Waals surface area contributed by atoms with Crippen LogP contribution in [0.3, 0.4) is 0 Å². The van der Waals surface area contributed by atoms with E-state index in [-0.39, 0.29) is 0 Å². The van der Waals surface area contributed by atoms with E-state index in [1.54, 1.807) is 18.2 Å². The number of anilines is 1. The molecule has 0 aliphatic rings. The molecule has 6 nitrogen and oxygen atoms in total. The van der Waals surface area contributed by atoms with E-state index in [1.807, 2.05) is 20.8 Å². The van der Waals surface area contributed by atoms with Crippen LogP contribution >= 0.6 is 0 Å². The number of pyridine rings is 1. The summed E-state index contributed by atoms with van der Waals surface area (Å²) < 4.78 is 10.9. The Morgan fingerprint density at radius 3 is 2.74 bits per heavy atom. The number of aromatic nitrogens is 3. The zero-order valence-electron chi connectivity index (χ0n) is 11.4. The molecule has 1 unspecified atom stereocenters. The summed E-state index contributed by atoms with van der Waals surface area (Å²) >= 11 is 0. The van der Waals surface area contributed by atoms with Crippen LogP contribution in [0, 0.1) is 0 Å². The van der Waals surface area contributed by atoms with Gasteiger partial charge in [0.2, 0.25) is 5.82 Å². The van der Waals surface area contributed by atoms with E-state index >= 15 is 0 Å². The molecule has 0 amide bonds. The van der Waals surface area contributed by atoms with Gasteiger partial charge in [-0.05, 0) is 32.4 Å². The van der Waals surface area contributed by atoms with Gasteiger partial charge in [0.1, 0.15) is 17.1 Å². The van der Waals surface area contributed by atoms with Crippen molar-refractivity contribution in [2.24, 2.45) is 0 Å². The van der Waals surface area contributed by atoms with Crippen molar-refractivity contribution >= 4 is 5.82 Å². The van der Waals surface area contributed by atoms with E-state index in [0.29, 0.717) is 29.8 Å². The third-order valence-electron chi connectivity index (χ3n) is 3.03. The second-order valence-corrected chi connectivity index (χ2v) is 4.39. The maximum Gasteiger partial charge on any atom is 0.276 e. The SMILES string of the molecule is CCOC(C)(CC)c1noc(-c2cccc(N)n2)n1. The molecule has 0 aliphatic carbocycles. The van der Waals surface area contributed by atoms with Crippen molar-refractivity contribution < 1.29 is 9.26 Å². The molecule has 0 aliphatic heterocycles. The first-order chi connectivity index (χ1) is 9.09. The van der Waals surface area contributed by atoms with Crippen molar-refractivity contribution in [3.8, 4) is 11.6 Å². The van der Waals surface area contributed by atoms with E-state index in [2.05, 4.69) is 15.1 Å². The Bertz CT molecular complexity index is 555. The van der Waals surface area contributed by atoms with Crippen LogP contribution in [0.5, 0.6) is 0 Å². The highest BCUT2D eigenvalue weighted by Crippen LogP contribution is 2.28. The minimum absolute atomic E-state index is 0.349. The topological polar surface area (TPSA) is 87.1 Å². The summed E-state index contributed by atoms with van der Waals surface area (Å²) in [4.78, 5) is 8.51. The van der Waals surface area contributed by atoms with Gasteiger partial charge < -0.3 is 15.0 Å². The highest BCUT2D eigenvalue weighted by molar-refractivity contribution is 5.50. The smallest absolute Gasteiger partial charge is 0.276 e. The molecule has 0 aromatic carbocycles. The van der Waals surface area contributed by atoms with Crippen LogP contribution in [-0.2, 0) is 10.3 Å². The fourth-order valence-electron chi connectivity index (χ4n) is 1.76. The van der Waals surface area contributed by atoms with Crippen molar-refractivity contribution in [2.75, 3.05) is 12.3 Å². The Balaban J connectivity index is 2.33. The first kappa shape index (κ1) is 13.5. The zero-order valence-corrected chi connectivity index (χ0v) is 11.4. The van der Waals surface area contributed by atoms with Gasteiger partial charge in [-0.2, -0.15) is 4.98 Å². The predicted octanol–water partition coefficient (Wildman–Crippen LogP) is 2.38. The van der Waals surface area contributed by atoms with Gasteiger partial charge in [0.15, 0.2) is 0 Å². The summed E-state index contributed by atoms with van der Waals surface area (Å²) in [7, 11) is 0. The average Bonchev–Trinajstić information content (AvgIpc) is 2.89. The molecule has 2 rings (SSSR count). The van der Waals surface area contributed by atoms with Crippen LogP contribution in [0.15, 0.2) is 22.7 Å². The van der Waals surface area contributed by atoms with Crippen molar-refractivity contribution in [1.82, 2.24) is 15.1 Å². The molecule has 6 heteroatoms. The molecule has 0 radical (unpaired) electrons. The maximum absolute atomic E-state index is 5.71. The maximum atomic E-state index is 5.71. The van der Waals surface area contributed by atoms with E-state index in [4.69, 9.17) is 15.0 Å². The van der Waals surface area contributed by atoms with Gasteiger partial charge in [0.05, 0.1) is 0 Å². The normalized spacial score (nSPS) is 14.3. The second-order valence-electron chi connectivity index (χ2n) is 4.39. The lowest BCUT2D eigenvalue weighted by Gasteiger charge is -2.23. The molecule has 1 atom stereocenters. The Kier molecular flexibility index (Phi) is 3.80. The quantitative estimate of drug-likeness (QED) is 0.890. The van der Waals surface area contributed by atoms with Gasteiger partial charge in [-0.1, -0.05) is 18.1 Å². The van der Waals surface area contributed by atoms with Gasteiger partial charge in [-0.25, -0.2) is 4.98 Å². The number of nitrogen functional groups attached to an aromatic ring is 1. The highest BCUT2D eigenvalue weighted by Gasteiger charge is 2.31. The molecule has 2 heterocycles. The molecule has 2 N–H and O–H groups in total. The highest BCUT2D eigenvalue weighted by atomic mass is 16.5. The van der Waals surface area contributed by atoms with Crippen molar-refractivity contribution in [3.05, 3.63) is 24.0 Å². The monoisotopic (exact) mass is 262 g/mol. The van der Waals surface area contributed by atoms with E-state index in [9.17, 15) is 0 Å². The molecule has 0 saturated carbocycles. The van der Waals surface area contributed by atoms with Gasteiger partial charge in [0, 0.05) is 6.61 Å². The van der Waals surface area contributed by atoms with Gasteiger partial charge in [-0.3, -0.25) is 0 Å². The van der Waals surface area contributed by atoms with Crippen LogP contribution in [0.1, 0.15) is 33.0 Å². The minimum atomic E-state index is -0.545. The van der Waals surface area contributed by atoms with Crippen LogP contribution in [0.2, 0.25) is 0 Å². The second kappa shape index (κ2) is 5.36. The van der Waals surface area contributed by atoms with Crippen LogP contribution in [0.4, 0.5) is 5.82 Å². The van der Waals surface area contributed by atoms with Gasteiger partial charge in [0.25, 0.3) is 5.89 Å². The summed E-state index contributed by atoms with van der Waals surface area (Å²) in [6.07, 6.45) is 0.754. The number of hydrogen-bond acceptors (Lipinski definition) is 6. The zero-order chi connectivity index (χ0) is 13.9. The van der Waals surface area contributed by atoms with E-state index in [0.717, 1.165) is 6.42 Å².